The van der Waals surface area contributed by atoms with Crippen molar-refractivity contribution in [2.75, 3.05) is 7.05 Å². The van der Waals surface area contributed by atoms with Gasteiger partial charge in [-0.05, 0) is 29.8 Å². The summed E-state index contributed by atoms with van der Waals surface area (Å²) in [5.41, 5.74) is 0.808. The van der Waals surface area contributed by atoms with Crippen molar-refractivity contribution in [3.8, 4) is 11.5 Å². The second-order valence-corrected chi connectivity index (χ2v) is 5.09. The molecule has 24 heavy (non-hydrogen) atoms. The Morgan fingerprint density at radius 1 is 1.04 bits per heavy atom. The quantitative estimate of drug-likeness (QED) is 0.629. The molecule has 2 rings (SSSR count). The van der Waals surface area contributed by atoms with Crippen LogP contribution < -0.4 is 4.74 Å². The van der Waals surface area contributed by atoms with Gasteiger partial charge in [-0.15, -0.1) is 0 Å². The average Bonchev–Trinajstić information content (AvgIpc) is 2.55. The van der Waals surface area contributed by atoms with Crippen molar-refractivity contribution in [1.29, 1.82) is 0 Å². The lowest BCUT2D eigenvalue weighted by molar-refractivity contribution is -0.136. The number of amides is 1. The minimum atomic E-state index is -1.55. The van der Waals surface area contributed by atoms with Gasteiger partial charge in [0.2, 0.25) is 5.76 Å². The number of ether oxygens (including phenoxy) is 1. The van der Waals surface area contributed by atoms with Crippen molar-refractivity contribution in [2.24, 2.45) is 0 Å². The molecule has 2 aromatic carbocycles. The van der Waals surface area contributed by atoms with Gasteiger partial charge in [-0.3, -0.25) is 4.79 Å². The molecule has 0 aliphatic rings. The van der Waals surface area contributed by atoms with Gasteiger partial charge in [0, 0.05) is 13.6 Å². The summed E-state index contributed by atoms with van der Waals surface area (Å²) in [6.45, 7) is 0.244. The number of rotatable bonds is 6. The number of carbonyl (C=O) groups excluding carboxylic acids is 1. The van der Waals surface area contributed by atoms with E-state index in [1.54, 1.807) is 18.2 Å². The molecule has 1 amide bonds. The van der Waals surface area contributed by atoms with Crippen molar-refractivity contribution in [2.45, 2.75) is 6.54 Å². The second-order valence-electron chi connectivity index (χ2n) is 5.09. The molecule has 0 heterocycles. The number of hydrogen-bond donors (Lipinski definition) is 2. The average molecular weight is 327 g/mol. The molecule has 0 unspecified atom stereocenters. The molecule has 0 atom stereocenters. The van der Waals surface area contributed by atoms with Crippen LogP contribution >= 0.6 is 0 Å². The first-order valence-electron chi connectivity index (χ1n) is 7.16. The molecule has 0 aromatic heterocycles. The normalized spacial score (nSPS) is 11.0. The Labute approximate surface area is 139 Å². The van der Waals surface area contributed by atoms with Crippen molar-refractivity contribution < 1.29 is 24.5 Å². The van der Waals surface area contributed by atoms with Crippen LogP contribution in [0.5, 0.6) is 11.5 Å². The SMILES string of the molecule is CN(Cc1cccc(Oc2ccccc2)c1)C(=O)C=C(O)C(=O)O. The number of carboxylic acid groups (broad SMARTS) is 1. The Kier molecular flexibility index (Phi) is 5.57. The predicted octanol–water partition coefficient (Wildman–Crippen LogP) is 2.96. The van der Waals surface area contributed by atoms with E-state index in [0.717, 1.165) is 5.56 Å². The molecule has 0 spiro atoms. The van der Waals surface area contributed by atoms with E-state index < -0.39 is 17.6 Å². The van der Waals surface area contributed by atoms with E-state index in [4.69, 9.17) is 14.9 Å². The molecule has 0 bridgehead atoms. The van der Waals surface area contributed by atoms with Crippen LogP contribution in [0.2, 0.25) is 0 Å². The zero-order valence-corrected chi connectivity index (χ0v) is 13.0. The van der Waals surface area contributed by atoms with E-state index in [9.17, 15) is 9.59 Å². The zero-order chi connectivity index (χ0) is 17.5. The highest BCUT2D eigenvalue weighted by molar-refractivity contribution is 5.95. The number of para-hydroxylation sites is 1. The summed E-state index contributed by atoms with van der Waals surface area (Å²) in [6.07, 6.45) is 0.673. The number of hydrogen-bond acceptors (Lipinski definition) is 4. The first-order chi connectivity index (χ1) is 11.5. The van der Waals surface area contributed by atoms with Crippen LogP contribution in [0, 0.1) is 0 Å². The summed E-state index contributed by atoms with van der Waals surface area (Å²) < 4.78 is 5.72. The summed E-state index contributed by atoms with van der Waals surface area (Å²) in [6, 6.07) is 16.5. The molecule has 2 N–H and O–H groups in total. The van der Waals surface area contributed by atoms with E-state index >= 15 is 0 Å². The Bertz CT molecular complexity index is 755. The van der Waals surface area contributed by atoms with Crippen LogP contribution in [-0.4, -0.2) is 34.0 Å². The molecule has 124 valence electrons. The van der Waals surface area contributed by atoms with Gasteiger partial charge in [-0.1, -0.05) is 30.3 Å². The van der Waals surface area contributed by atoms with Crippen LogP contribution in [0.1, 0.15) is 5.56 Å². The topological polar surface area (TPSA) is 87.1 Å². The smallest absolute Gasteiger partial charge is 0.371 e. The van der Waals surface area contributed by atoms with Gasteiger partial charge in [0.15, 0.2) is 0 Å². The second kappa shape index (κ2) is 7.82. The van der Waals surface area contributed by atoms with Crippen LogP contribution in [0.25, 0.3) is 0 Å². The minimum Gasteiger partial charge on any atom is -0.502 e. The number of carbonyl (C=O) groups is 2. The monoisotopic (exact) mass is 327 g/mol. The maximum absolute atomic E-state index is 11.8. The van der Waals surface area contributed by atoms with E-state index in [1.807, 2.05) is 36.4 Å². The lowest BCUT2D eigenvalue weighted by atomic mass is 10.2. The molecule has 0 aliphatic carbocycles. The number of benzene rings is 2. The molecule has 2 aromatic rings. The highest BCUT2D eigenvalue weighted by Crippen LogP contribution is 2.22. The van der Waals surface area contributed by atoms with Crippen molar-refractivity contribution in [3.63, 3.8) is 0 Å². The zero-order valence-electron chi connectivity index (χ0n) is 13.0. The van der Waals surface area contributed by atoms with E-state index in [0.29, 0.717) is 17.6 Å². The molecular formula is C18H17NO5. The minimum absolute atomic E-state index is 0.244. The number of aliphatic hydroxyl groups is 1. The summed E-state index contributed by atoms with van der Waals surface area (Å²) in [7, 11) is 1.51. The summed E-state index contributed by atoms with van der Waals surface area (Å²) in [4.78, 5) is 23.7. The first-order valence-corrected chi connectivity index (χ1v) is 7.16. The molecule has 0 saturated carbocycles. The molecule has 0 saturated heterocycles. The van der Waals surface area contributed by atoms with Crippen LogP contribution in [0.15, 0.2) is 66.4 Å². The number of aliphatic carboxylic acids is 1. The number of likely N-dealkylation sites (N-methyl/N-ethyl adjacent to an activating group) is 1. The Hall–Kier alpha value is -3.28. The molecule has 0 aliphatic heterocycles. The van der Waals surface area contributed by atoms with E-state index in [2.05, 4.69) is 0 Å². The number of nitrogens with zero attached hydrogens (tertiary/aromatic N) is 1. The van der Waals surface area contributed by atoms with Crippen molar-refractivity contribution in [3.05, 3.63) is 72.0 Å². The third-order valence-corrected chi connectivity index (χ3v) is 3.15. The van der Waals surface area contributed by atoms with E-state index in [-0.39, 0.29) is 6.54 Å². The molecule has 6 nitrogen and oxygen atoms in total. The van der Waals surface area contributed by atoms with Gasteiger partial charge in [-0.25, -0.2) is 4.79 Å². The summed E-state index contributed by atoms with van der Waals surface area (Å²) in [5.74, 6) is -1.82. The number of carboxylic acids is 1. The fourth-order valence-corrected chi connectivity index (χ4v) is 1.97. The molecular weight excluding hydrogens is 310 g/mol. The van der Waals surface area contributed by atoms with Gasteiger partial charge in [0.05, 0.1) is 6.08 Å². The van der Waals surface area contributed by atoms with Crippen molar-refractivity contribution in [1.82, 2.24) is 4.90 Å². The van der Waals surface area contributed by atoms with Gasteiger partial charge in [0.1, 0.15) is 11.5 Å². The highest BCUT2D eigenvalue weighted by Gasteiger charge is 2.12. The molecule has 6 heteroatoms. The number of aliphatic hydroxyl groups excluding tert-OH is 1. The maximum atomic E-state index is 11.8. The third kappa shape index (κ3) is 4.88. The summed E-state index contributed by atoms with van der Waals surface area (Å²) >= 11 is 0. The van der Waals surface area contributed by atoms with Crippen LogP contribution in [-0.2, 0) is 16.1 Å². The fourth-order valence-electron chi connectivity index (χ4n) is 1.97. The lowest BCUT2D eigenvalue weighted by Gasteiger charge is -2.16. The Morgan fingerprint density at radius 2 is 1.71 bits per heavy atom. The largest absolute Gasteiger partial charge is 0.502 e. The lowest BCUT2D eigenvalue weighted by Crippen LogP contribution is -2.25. The van der Waals surface area contributed by atoms with Gasteiger partial charge in [-0.2, -0.15) is 0 Å². The van der Waals surface area contributed by atoms with Gasteiger partial charge >= 0.3 is 5.97 Å². The third-order valence-electron chi connectivity index (χ3n) is 3.15. The standard InChI is InChI=1S/C18H17NO5/c1-19(17(21)11-16(20)18(22)23)12-13-6-5-9-15(10-13)24-14-7-3-2-4-8-14/h2-11,20H,12H2,1H3,(H,22,23). The fraction of sp³-hybridized carbons (Fsp3) is 0.111. The first kappa shape index (κ1) is 17.1. The van der Waals surface area contributed by atoms with Crippen molar-refractivity contribution >= 4 is 11.9 Å². The van der Waals surface area contributed by atoms with Crippen LogP contribution in [0.3, 0.4) is 0 Å². The van der Waals surface area contributed by atoms with Gasteiger partial charge < -0.3 is 19.8 Å². The molecule has 0 fully saturated rings. The van der Waals surface area contributed by atoms with Crippen LogP contribution in [0.4, 0.5) is 0 Å². The van der Waals surface area contributed by atoms with E-state index in [1.165, 1.54) is 11.9 Å². The highest BCUT2D eigenvalue weighted by atomic mass is 16.5. The maximum Gasteiger partial charge on any atom is 0.371 e. The Balaban J connectivity index is 2.05. The Morgan fingerprint density at radius 3 is 2.38 bits per heavy atom. The summed E-state index contributed by atoms with van der Waals surface area (Å²) in [5, 5.41) is 17.7. The van der Waals surface area contributed by atoms with Gasteiger partial charge in [0.25, 0.3) is 5.91 Å². The predicted molar refractivity (Wildman–Crippen MR) is 87.8 cm³/mol. The molecule has 0 radical (unpaired) electrons.